The van der Waals surface area contributed by atoms with Crippen molar-refractivity contribution in [2.24, 2.45) is 0 Å². The SMILES string of the molecule is Cc1cccc(Cl)c1C(=O)P(C(=O)c1c(Cl)ccc(Cl)c1Cl)c1ccccc1. The van der Waals surface area contributed by atoms with Crippen LogP contribution in [0.1, 0.15) is 26.3 Å². The van der Waals surface area contributed by atoms with Crippen molar-refractivity contribution in [3.8, 4) is 0 Å². The predicted octanol–water partition coefficient (Wildman–Crippen LogP) is 7.40. The molecular weight excluding hydrogens is 457 g/mol. The fourth-order valence-corrected chi connectivity index (χ4v) is 6.06. The molecule has 2 nitrogen and oxygen atoms in total. The first-order valence-electron chi connectivity index (χ1n) is 8.15. The zero-order valence-electron chi connectivity index (χ0n) is 14.5. The number of halogens is 4. The van der Waals surface area contributed by atoms with E-state index in [0.717, 1.165) is 0 Å². The van der Waals surface area contributed by atoms with Crippen LogP contribution in [0.15, 0.2) is 60.7 Å². The maximum Gasteiger partial charge on any atom is 0.199 e. The van der Waals surface area contributed by atoms with Gasteiger partial charge in [-0.1, -0.05) is 88.9 Å². The number of hydrogen-bond acceptors (Lipinski definition) is 2. The van der Waals surface area contributed by atoms with Crippen LogP contribution in [0, 0.1) is 6.92 Å². The maximum absolute atomic E-state index is 13.5. The van der Waals surface area contributed by atoms with E-state index >= 15 is 0 Å². The van der Waals surface area contributed by atoms with Crippen LogP contribution in [0.5, 0.6) is 0 Å². The molecule has 3 rings (SSSR count). The van der Waals surface area contributed by atoms with E-state index in [-0.39, 0.29) is 26.2 Å². The largest absolute Gasteiger partial charge is 0.288 e. The molecule has 3 aromatic rings. The van der Waals surface area contributed by atoms with Gasteiger partial charge in [-0.2, -0.15) is 0 Å². The van der Waals surface area contributed by atoms with Crippen molar-refractivity contribution < 1.29 is 9.59 Å². The van der Waals surface area contributed by atoms with E-state index in [0.29, 0.717) is 21.5 Å². The van der Waals surface area contributed by atoms with Crippen molar-refractivity contribution >= 4 is 70.7 Å². The van der Waals surface area contributed by atoms with Crippen LogP contribution < -0.4 is 5.30 Å². The Morgan fingerprint density at radius 3 is 1.89 bits per heavy atom. The van der Waals surface area contributed by atoms with Crippen molar-refractivity contribution in [1.82, 2.24) is 0 Å². The number of aryl methyl sites for hydroxylation is 1. The molecule has 0 aliphatic rings. The summed E-state index contributed by atoms with van der Waals surface area (Å²) in [6.45, 7) is 1.78. The Bertz CT molecular complexity index is 1050. The second kappa shape index (κ2) is 8.95. The summed E-state index contributed by atoms with van der Waals surface area (Å²) < 4.78 is 0. The number of rotatable bonds is 5. The summed E-state index contributed by atoms with van der Waals surface area (Å²) in [6.07, 6.45) is 0. The van der Waals surface area contributed by atoms with E-state index in [1.165, 1.54) is 12.1 Å². The van der Waals surface area contributed by atoms with Crippen LogP contribution in [-0.2, 0) is 0 Å². The van der Waals surface area contributed by atoms with Crippen molar-refractivity contribution in [3.05, 3.63) is 97.4 Å². The van der Waals surface area contributed by atoms with Crippen molar-refractivity contribution in [3.63, 3.8) is 0 Å². The minimum atomic E-state index is -2.00. The minimum absolute atomic E-state index is 0.0336. The topological polar surface area (TPSA) is 34.1 Å². The predicted molar refractivity (Wildman–Crippen MR) is 119 cm³/mol. The van der Waals surface area contributed by atoms with Gasteiger partial charge in [0.05, 0.1) is 33.6 Å². The lowest BCUT2D eigenvalue weighted by Crippen LogP contribution is -2.17. The number of hydrogen-bond donors (Lipinski definition) is 0. The lowest BCUT2D eigenvalue weighted by atomic mass is 10.1. The van der Waals surface area contributed by atoms with E-state index < -0.39 is 13.4 Å². The normalized spacial score (nSPS) is 11.9. The molecule has 0 fully saturated rings. The van der Waals surface area contributed by atoms with Gasteiger partial charge in [0, 0.05) is 5.56 Å². The van der Waals surface area contributed by atoms with Gasteiger partial charge in [0.25, 0.3) is 0 Å². The van der Waals surface area contributed by atoms with Crippen LogP contribution >= 0.6 is 54.3 Å². The summed E-state index contributed by atoms with van der Waals surface area (Å²) in [7, 11) is -2.00. The van der Waals surface area contributed by atoms with Gasteiger partial charge >= 0.3 is 0 Å². The first kappa shape index (κ1) is 21.3. The van der Waals surface area contributed by atoms with Crippen molar-refractivity contribution in [2.45, 2.75) is 6.92 Å². The molecule has 0 saturated heterocycles. The summed E-state index contributed by atoms with van der Waals surface area (Å²) >= 11 is 24.9. The third kappa shape index (κ3) is 4.13. The molecule has 0 bridgehead atoms. The molecule has 0 radical (unpaired) electrons. The molecule has 0 saturated carbocycles. The first-order valence-corrected chi connectivity index (χ1v) is 11.0. The van der Waals surface area contributed by atoms with Crippen molar-refractivity contribution in [1.29, 1.82) is 0 Å². The highest BCUT2D eigenvalue weighted by atomic mass is 35.5. The molecule has 3 aromatic carbocycles. The van der Waals surface area contributed by atoms with E-state index in [2.05, 4.69) is 0 Å². The number of carbonyl (C=O) groups is 2. The lowest BCUT2D eigenvalue weighted by molar-refractivity contribution is 0.105. The van der Waals surface area contributed by atoms with E-state index in [4.69, 9.17) is 46.4 Å². The minimum Gasteiger partial charge on any atom is -0.288 e. The summed E-state index contributed by atoms with van der Waals surface area (Å²) in [5, 5.41) is 1.25. The Kier molecular flexibility index (Phi) is 6.81. The summed E-state index contributed by atoms with van der Waals surface area (Å²) in [4.78, 5) is 27.0. The van der Waals surface area contributed by atoms with Crippen LogP contribution in [-0.4, -0.2) is 11.0 Å². The van der Waals surface area contributed by atoms with Gasteiger partial charge < -0.3 is 0 Å². The fourth-order valence-electron chi connectivity index (χ4n) is 2.75. The molecule has 7 heteroatoms. The fraction of sp³-hybridized carbons (Fsp3) is 0.0476. The van der Waals surface area contributed by atoms with Crippen LogP contribution in [0.3, 0.4) is 0 Å². The average molecular weight is 470 g/mol. The summed E-state index contributed by atoms with van der Waals surface area (Å²) in [5.41, 5.74) is 0.229. The molecule has 0 aromatic heterocycles. The molecule has 0 amide bonds. The van der Waals surface area contributed by atoms with Gasteiger partial charge in [0.2, 0.25) is 0 Å². The molecule has 0 N–H and O–H groups in total. The highest BCUT2D eigenvalue weighted by Gasteiger charge is 2.34. The van der Waals surface area contributed by atoms with Gasteiger partial charge in [0.15, 0.2) is 11.0 Å². The van der Waals surface area contributed by atoms with Crippen LogP contribution in [0.25, 0.3) is 0 Å². The second-order valence-electron chi connectivity index (χ2n) is 5.93. The van der Waals surface area contributed by atoms with Gasteiger partial charge in [0.1, 0.15) is 0 Å². The lowest BCUT2D eigenvalue weighted by Gasteiger charge is -2.19. The third-order valence-electron chi connectivity index (χ3n) is 4.11. The number of benzene rings is 3. The third-order valence-corrected chi connectivity index (χ3v) is 7.62. The Balaban J connectivity index is 2.21. The zero-order chi connectivity index (χ0) is 20.4. The molecule has 0 aliphatic carbocycles. The summed E-state index contributed by atoms with van der Waals surface area (Å²) in [6, 6.07) is 17.0. The Morgan fingerprint density at radius 1 is 0.679 bits per heavy atom. The van der Waals surface area contributed by atoms with Gasteiger partial charge in [-0.15, -0.1) is 0 Å². The Hall–Kier alpha value is -1.41. The summed E-state index contributed by atoms with van der Waals surface area (Å²) in [5.74, 6) is 0. The average Bonchev–Trinajstić information content (AvgIpc) is 2.66. The van der Waals surface area contributed by atoms with E-state index in [9.17, 15) is 9.59 Å². The molecule has 0 spiro atoms. The van der Waals surface area contributed by atoms with Crippen LogP contribution in [0.4, 0.5) is 0 Å². The van der Waals surface area contributed by atoms with Gasteiger partial charge in [-0.3, -0.25) is 9.59 Å². The number of carbonyl (C=O) groups excluding carboxylic acids is 2. The Labute approximate surface area is 184 Å². The first-order chi connectivity index (χ1) is 13.3. The van der Waals surface area contributed by atoms with E-state index in [1.54, 1.807) is 49.4 Å². The van der Waals surface area contributed by atoms with Crippen LogP contribution in [0.2, 0.25) is 20.1 Å². The van der Waals surface area contributed by atoms with Gasteiger partial charge in [-0.25, -0.2) is 0 Å². The second-order valence-corrected chi connectivity index (χ2v) is 9.53. The molecular formula is C21H13Cl4O2P. The molecule has 1 unspecified atom stereocenters. The molecule has 142 valence electrons. The molecule has 0 aliphatic heterocycles. The standard InChI is InChI=1S/C21H13Cl4O2P/c1-12-6-5-9-14(22)17(12)20(26)28(13-7-3-2-4-8-13)21(27)18-15(23)10-11-16(24)19(18)25/h2-11H,1H3. The highest BCUT2D eigenvalue weighted by Crippen LogP contribution is 2.47. The zero-order valence-corrected chi connectivity index (χ0v) is 18.5. The highest BCUT2D eigenvalue weighted by molar-refractivity contribution is 7.96. The molecule has 28 heavy (non-hydrogen) atoms. The smallest absolute Gasteiger partial charge is 0.199 e. The van der Waals surface area contributed by atoms with Gasteiger partial charge in [-0.05, 0) is 36.0 Å². The maximum atomic E-state index is 13.5. The monoisotopic (exact) mass is 468 g/mol. The Morgan fingerprint density at radius 2 is 1.25 bits per heavy atom. The molecule has 0 heterocycles. The van der Waals surface area contributed by atoms with Crippen molar-refractivity contribution in [2.75, 3.05) is 0 Å². The molecule has 1 atom stereocenters. The van der Waals surface area contributed by atoms with E-state index in [1.807, 2.05) is 6.07 Å². The quantitative estimate of drug-likeness (QED) is 0.288.